The number of hydrogen-bond donors (Lipinski definition) is 1. The van der Waals surface area contributed by atoms with Crippen molar-refractivity contribution in [2.45, 2.75) is 127 Å². The van der Waals surface area contributed by atoms with Gasteiger partial charge in [-0.1, -0.05) is 166 Å². The van der Waals surface area contributed by atoms with E-state index in [1.807, 2.05) is 39.8 Å². The van der Waals surface area contributed by atoms with Gasteiger partial charge in [-0.05, 0) is 96.3 Å². The Morgan fingerprint density at radius 2 is 1.44 bits per heavy atom. The number of para-hydroxylation sites is 1. The first kappa shape index (κ1) is 52.2. The second-order valence-corrected chi connectivity index (χ2v) is 20.0. The molecule has 1 N–H and O–H groups in total. The Balaban J connectivity index is 0.000000167. The molecule has 6 aromatic carbocycles. The van der Waals surface area contributed by atoms with Gasteiger partial charge in [-0.3, -0.25) is 14.8 Å². The third-order valence-corrected chi connectivity index (χ3v) is 14.3. The van der Waals surface area contributed by atoms with E-state index in [1.165, 1.54) is 76.6 Å². The number of fused-ring (bicyclic) bond motifs is 4. The van der Waals surface area contributed by atoms with E-state index in [-0.39, 0.29) is 43.5 Å². The van der Waals surface area contributed by atoms with Crippen molar-refractivity contribution in [3.05, 3.63) is 166 Å². The van der Waals surface area contributed by atoms with E-state index in [0.717, 1.165) is 105 Å². The monoisotopic (exact) mass is 1110 g/mol. The summed E-state index contributed by atoms with van der Waals surface area (Å²) < 4.78 is 6.35. The summed E-state index contributed by atoms with van der Waals surface area (Å²) in [5.41, 5.74) is 15.5. The van der Waals surface area contributed by atoms with Crippen molar-refractivity contribution in [1.29, 1.82) is 0 Å². The summed E-state index contributed by atoms with van der Waals surface area (Å²) in [4.78, 5) is 21.7. The van der Waals surface area contributed by atoms with Crippen LogP contribution in [0.4, 0.5) is 5.69 Å². The molecule has 365 valence electrons. The number of carbonyl (C=O) groups is 1. The summed E-state index contributed by atoms with van der Waals surface area (Å²) >= 11 is 0. The molecule has 1 radical (unpaired) electrons. The number of furan rings is 1. The van der Waals surface area contributed by atoms with Crippen molar-refractivity contribution in [1.82, 2.24) is 4.98 Å². The van der Waals surface area contributed by atoms with Crippen molar-refractivity contribution in [3.63, 3.8) is 0 Å². The fourth-order valence-electron chi connectivity index (χ4n) is 10.7. The van der Waals surface area contributed by atoms with Crippen molar-refractivity contribution < 1.29 is 34.4 Å². The Hall–Kier alpha value is -5.68. The molecule has 2 aromatic heterocycles. The number of aryl methyl sites for hydroxylation is 3. The molecule has 0 spiro atoms. The van der Waals surface area contributed by atoms with Crippen LogP contribution in [-0.2, 0) is 37.7 Å². The maximum Gasteiger partial charge on any atom is 0.162 e. The maximum atomic E-state index is 11.7. The van der Waals surface area contributed by atoms with Crippen LogP contribution >= 0.6 is 0 Å². The number of aliphatic hydroxyl groups excluding tert-OH is 1. The molecular formula is C64H70IrN2O3-2. The van der Waals surface area contributed by atoms with Crippen molar-refractivity contribution in [3.8, 4) is 11.3 Å². The summed E-state index contributed by atoms with van der Waals surface area (Å²) in [7, 11) is 0. The van der Waals surface area contributed by atoms with Gasteiger partial charge >= 0.3 is 0 Å². The Labute approximate surface area is 430 Å². The van der Waals surface area contributed by atoms with Gasteiger partial charge in [0.25, 0.3) is 0 Å². The first-order valence-electron chi connectivity index (χ1n) is 25.7. The van der Waals surface area contributed by atoms with E-state index >= 15 is 0 Å². The summed E-state index contributed by atoms with van der Waals surface area (Å²) in [6, 6.07) is 43.7. The van der Waals surface area contributed by atoms with Gasteiger partial charge < -0.3 is 9.52 Å². The van der Waals surface area contributed by atoms with Gasteiger partial charge in [0, 0.05) is 59.9 Å². The third kappa shape index (κ3) is 11.6. The first-order chi connectivity index (χ1) is 33.4. The summed E-state index contributed by atoms with van der Waals surface area (Å²) in [6.07, 6.45) is 12.7. The number of aromatic nitrogens is 1. The zero-order valence-electron chi connectivity index (χ0n) is 42.8. The second kappa shape index (κ2) is 23.5. The molecule has 0 bridgehead atoms. The SMILES string of the molecule is CCC(CC)C(=O)/C=C(\O)C(CC)CC.Cc1[c-]c(-c2ccc3c(CC(C)C)cccc3n2)cc(C)c1.Cc1[c-]c(C2=Nc3ccc(CC4CCCC4)c4cccc2c34)c2oc3ccccc3c2c1.[Ir]. The average Bonchev–Trinajstić information content (AvgIpc) is 4.09. The predicted octanol–water partition coefficient (Wildman–Crippen LogP) is 17.4. The minimum Gasteiger partial charge on any atom is -0.512 e. The molecule has 0 saturated heterocycles. The van der Waals surface area contributed by atoms with Crippen LogP contribution in [0, 0.1) is 56.6 Å². The molecular weight excluding hydrogens is 1040 g/mol. The van der Waals surface area contributed by atoms with Crippen LogP contribution in [0.15, 0.2) is 124 Å². The van der Waals surface area contributed by atoms with E-state index in [0.29, 0.717) is 5.92 Å². The number of aliphatic imine (C=N–C) groups is 1. The van der Waals surface area contributed by atoms with Gasteiger partial charge in [0.1, 0.15) is 5.58 Å². The zero-order valence-corrected chi connectivity index (χ0v) is 45.2. The number of aliphatic hydroxyl groups is 1. The normalized spacial score (nSPS) is 13.5. The molecule has 6 heteroatoms. The molecule has 0 atom stereocenters. The molecule has 8 aromatic rings. The standard InChI is InChI=1S/C30H24NO.C21H22N.C13H24O2.Ir/c1-18-15-24-22-9-4-5-12-27(22)32-30(24)25(16-18)29-23-11-6-10-21-20(17-19-7-2-3-8-19)13-14-26(31-29)28(21)23;1-14(2)10-17-6-5-7-21-19(17)8-9-20(22-21)18-12-15(3)11-16(4)13-18;1-5-10(6-2)12(14)9-13(15)11(7-3)8-4;/h4-6,9-15,19H,2-3,7-8,17H2,1H3;5-9,11-12,14H,10H2,1-4H3;9-11,14H,5-8H2,1-4H3;/q2*-1;;/b;;12-9-;. The van der Waals surface area contributed by atoms with Crippen LogP contribution in [0.1, 0.15) is 132 Å². The summed E-state index contributed by atoms with van der Waals surface area (Å²) in [5.74, 6) is 2.03. The Kier molecular flexibility index (Phi) is 17.5. The number of carbonyl (C=O) groups excluding carboxylic acids is 1. The van der Waals surface area contributed by atoms with E-state index in [1.54, 1.807) is 0 Å². The van der Waals surface area contributed by atoms with E-state index < -0.39 is 0 Å². The number of benzene rings is 6. The molecule has 0 amide bonds. The number of pyridine rings is 1. The smallest absolute Gasteiger partial charge is 0.162 e. The molecule has 1 aliphatic heterocycles. The minimum atomic E-state index is 0. The van der Waals surface area contributed by atoms with E-state index in [9.17, 15) is 9.90 Å². The Bertz CT molecular complexity index is 3160. The number of ketones is 1. The first-order valence-corrected chi connectivity index (χ1v) is 25.7. The molecule has 1 aliphatic carbocycles. The van der Waals surface area contributed by atoms with Crippen LogP contribution < -0.4 is 0 Å². The average molecular weight is 1110 g/mol. The van der Waals surface area contributed by atoms with Crippen molar-refractivity contribution >= 4 is 60.8 Å². The Morgan fingerprint density at radius 3 is 2.16 bits per heavy atom. The maximum absolute atomic E-state index is 11.7. The largest absolute Gasteiger partial charge is 0.512 e. The third-order valence-electron chi connectivity index (χ3n) is 14.3. The van der Waals surface area contributed by atoms with Gasteiger partial charge in [-0.15, -0.1) is 52.6 Å². The zero-order chi connectivity index (χ0) is 48.8. The summed E-state index contributed by atoms with van der Waals surface area (Å²) in [6.45, 7) is 18.9. The van der Waals surface area contributed by atoms with Crippen LogP contribution in [-0.4, -0.2) is 21.6 Å². The van der Waals surface area contributed by atoms with Gasteiger partial charge in [0.15, 0.2) is 5.78 Å². The predicted molar refractivity (Wildman–Crippen MR) is 290 cm³/mol. The van der Waals surface area contributed by atoms with Gasteiger partial charge in [0.2, 0.25) is 0 Å². The molecule has 2 aliphatic rings. The van der Waals surface area contributed by atoms with Crippen LogP contribution in [0.5, 0.6) is 0 Å². The molecule has 3 heterocycles. The molecule has 1 fully saturated rings. The van der Waals surface area contributed by atoms with Gasteiger partial charge in [-0.2, -0.15) is 0 Å². The quantitative estimate of drug-likeness (QED) is 0.0709. The van der Waals surface area contributed by atoms with E-state index in [4.69, 9.17) is 14.4 Å². The van der Waals surface area contributed by atoms with E-state index in [2.05, 4.69) is 138 Å². The Morgan fingerprint density at radius 1 is 0.743 bits per heavy atom. The van der Waals surface area contributed by atoms with Crippen LogP contribution in [0.25, 0.3) is 54.9 Å². The topological polar surface area (TPSA) is 75.7 Å². The van der Waals surface area contributed by atoms with Crippen LogP contribution in [0.3, 0.4) is 0 Å². The fourth-order valence-corrected chi connectivity index (χ4v) is 10.7. The van der Waals surface area contributed by atoms with Crippen molar-refractivity contribution in [2.24, 2.45) is 28.7 Å². The van der Waals surface area contributed by atoms with Gasteiger partial charge in [-0.25, -0.2) is 0 Å². The van der Waals surface area contributed by atoms with Crippen molar-refractivity contribution in [2.75, 3.05) is 0 Å². The molecule has 1 saturated carbocycles. The fraction of sp³-hybridized carbons (Fsp3) is 0.359. The molecule has 0 unspecified atom stereocenters. The number of nitrogens with zero attached hydrogens (tertiary/aromatic N) is 2. The van der Waals surface area contributed by atoms with Crippen LogP contribution in [0.2, 0.25) is 0 Å². The summed E-state index contributed by atoms with van der Waals surface area (Å²) in [5, 5.41) is 16.0. The number of rotatable bonds is 13. The minimum absolute atomic E-state index is 0. The second-order valence-electron chi connectivity index (χ2n) is 20.0. The molecule has 5 nitrogen and oxygen atoms in total. The number of hydrogen-bond acceptors (Lipinski definition) is 5. The van der Waals surface area contributed by atoms with Gasteiger partial charge in [0.05, 0.1) is 22.5 Å². The molecule has 10 rings (SSSR count). The molecule has 70 heavy (non-hydrogen) atoms. The number of allylic oxidation sites excluding steroid dienone is 2.